The minimum Gasteiger partial charge on any atom is -0.369 e. The molecular weight excluding hydrogens is 226 g/mol. The third-order valence-electron chi connectivity index (χ3n) is 2.68. The summed E-state index contributed by atoms with van der Waals surface area (Å²) in [4.78, 5) is 0.793. The molecule has 17 heavy (non-hydrogen) atoms. The Morgan fingerprint density at radius 1 is 0.941 bits per heavy atom. The smallest absolute Gasteiger partial charge is 0.107 e. The highest BCUT2D eigenvalue weighted by molar-refractivity contribution is 7.80. The first-order valence-corrected chi connectivity index (χ1v) is 6.09. The molecule has 0 aliphatic heterocycles. The van der Waals surface area contributed by atoms with Crippen molar-refractivity contribution in [1.29, 1.82) is 0 Å². The summed E-state index contributed by atoms with van der Waals surface area (Å²) >= 11 is 5.39. The predicted octanol–water partition coefficient (Wildman–Crippen LogP) is 3.71. The summed E-state index contributed by atoms with van der Waals surface area (Å²) in [7, 11) is 0. The molecule has 0 amide bonds. The van der Waals surface area contributed by atoms with E-state index in [-0.39, 0.29) is 6.04 Å². The molecule has 1 nitrogen and oxygen atoms in total. The van der Waals surface area contributed by atoms with E-state index in [1.165, 1.54) is 5.56 Å². The minimum absolute atomic E-state index is 0.226. The third-order valence-corrected chi connectivity index (χ3v) is 3.04. The summed E-state index contributed by atoms with van der Waals surface area (Å²) in [6.07, 6.45) is 0. The molecule has 2 aromatic rings. The maximum Gasteiger partial charge on any atom is 0.107 e. The first kappa shape index (κ1) is 11.8. The highest BCUT2D eigenvalue weighted by Crippen LogP contribution is 2.12. The van der Waals surface area contributed by atoms with Crippen molar-refractivity contribution in [3.8, 4) is 0 Å². The number of rotatable bonds is 3. The number of thiocarbonyl (C=S) groups is 1. The molecule has 2 rings (SSSR count). The van der Waals surface area contributed by atoms with Gasteiger partial charge >= 0.3 is 0 Å². The van der Waals surface area contributed by atoms with Crippen molar-refractivity contribution < 1.29 is 0 Å². The molecule has 1 unspecified atom stereocenters. The van der Waals surface area contributed by atoms with Crippen LogP contribution in [-0.2, 0) is 0 Å². The van der Waals surface area contributed by atoms with Crippen LogP contribution in [0.4, 0.5) is 0 Å². The molecule has 0 heterocycles. The van der Waals surface area contributed by atoms with Gasteiger partial charge < -0.3 is 5.32 Å². The number of benzene rings is 2. The maximum atomic E-state index is 5.39. The zero-order chi connectivity index (χ0) is 12.1. The molecule has 0 fully saturated rings. The Morgan fingerprint density at radius 2 is 1.47 bits per heavy atom. The molecule has 0 aliphatic rings. The Morgan fingerprint density at radius 3 is 2.06 bits per heavy atom. The van der Waals surface area contributed by atoms with Gasteiger partial charge in [-0.1, -0.05) is 72.9 Å². The lowest BCUT2D eigenvalue weighted by atomic mass is 10.1. The van der Waals surface area contributed by atoms with Crippen molar-refractivity contribution >= 4 is 17.2 Å². The van der Waals surface area contributed by atoms with Crippen molar-refractivity contribution in [2.24, 2.45) is 0 Å². The molecule has 0 saturated carbocycles. The highest BCUT2D eigenvalue weighted by Gasteiger charge is 2.07. The molecule has 0 aliphatic carbocycles. The first-order valence-electron chi connectivity index (χ1n) is 5.68. The van der Waals surface area contributed by atoms with Crippen LogP contribution in [-0.4, -0.2) is 4.99 Å². The summed E-state index contributed by atoms with van der Waals surface area (Å²) in [5.41, 5.74) is 2.30. The fourth-order valence-electron chi connectivity index (χ4n) is 1.69. The van der Waals surface area contributed by atoms with Gasteiger partial charge in [-0.15, -0.1) is 0 Å². The third kappa shape index (κ3) is 3.14. The second-order valence-corrected chi connectivity index (χ2v) is 4.38. The second kappa shape index (κ2) is 5.60. The van der Waals surface area contributed by atoms with Crippen molar-refractivity contribution in [3.05, 3.63) is 71.8 Å². The van der Waals surface area contributed by atoms with Crippen molar-refractivity contribution in [1.82, 2.24) is 5.32 Å². The lowest BCUT2D eigenvalue weighted by molar-refractivity contribution is 0.724. The van der Waals surface area contributed by atoms with E-state index in [1.54, 1.807) is 0 Å². The summed E-state index contributed by atoms with van der Waals surface area (Å²) < 4.78 is 0. The van der Waals surface area contributed by atoms with Gasteiger partial charge in [0, 0.05) is 11.6 Å². The molecule has 0 aromatic heterocycles. The van der Waals surface area contributed by atoms with Gasteiger partial charge in [0.25, 0.3) is 0 Å². The molecule has 86 valence electrons. The van der Waals surface area contributed by atoms with E-state index >= 15 is 0 Å². The fraction of sp³-hybridized carbons (Fsp3) is 0.133. The van der Waals surface area contributed by atoms with Crippen LogP contribution < -0.4 is 5.32 Å². The maximum absolute atomic E-state index is 5.39. The van der Waals surface area contributed by atoms with Crippen LogP contribution in [0.2, 0.25) is 0 Å². The Kier molecular flexibility index (Phi) is 3.89. The number of nitrogens with one attached hydrogen (secondary N) is 1. The highest BCUT2D eigenvalue weighted by atomic mass is 32.1. The van der Waals surface area contributed by atoms with Gasteiger partial charge in [0.1, 0.15) is 4.99 Å². The molecule has 0 bridgehead atoms. The molecule has 0 spiro atoms. The average molecular weight is 241 g/mol. The van der Waals surface area contributed by atoms with Crippen LogP contribution in [0.5, 0.6) is 0 Å². The first-order chi connectivity index (χ1) is 8.27. The van der Waals surface area contributed by atoms with Crippen LogP contribution in [0, 0.1) is 0 Å². The molecule has 2 heteroatoms. The van der Waals surface area contributed by atoms with E-state index in [0.29, 0.717) is 0 Å². The van der Waals surface area contributed by atoms with Crippen LogP contribution in [0.25, 0.3) is 0 Å². The summed E-state index contributed by atoms with van der Waals surface area (Å²) in [6.45, 7) is 2.12. The molecule has 1 atom stereocenters. The zero-order valence-electron chi connectivity index (χ0n) is 9.76. The van der Waals surface area contributed by atoms with Gasteiger partial charge in [0.15, 0.2) is 0 Å². The van der Waals surface area contributed by atoms with E-state index < -0.39 is 0 Å². The molecule has 0 radical (unpaired) electrons. The monoisotopic (exact) mass is 241 g/mol. The van der Waals surface area contributed by atoms with Gasteiger partial charge in [-0.2, -0.15) is 0 Å². The molecule has 2 aromatic carbocycles. The lowest BCUT2D eigenvalue weighted by Crippen LogP contribution is -2.25. The van der Waals surface area contributed by atoms with E-state index in [9.17, 15) is 0 Å². The minimum atomic E-state index is 0.226. The predicted molar refractivity (Wildman–Crippen MR) is 76.1 cm³/mol. The number of hydrogen-bond donors (Lipinski definition) is 1. The summed E-state index contributed by atoms with van der Waals surface area (Å²) in [5, 5.41) is 3.34. The van der Waals surface area contributed by atoms with Gasteiger partial charge in [-0.25, -0.2) is 0 Å². The van der Waals surface area contributed by atoms with E-state index in [0.717, 1.165) is 10.6 Å². The van der Waals surface area contributed by atoms with E-state index in [4.69, 9.17) is 12.2 Å². The van der Waals surface area contributed by atoms with Crippen LogP contribution in [0.15, 0.2) is 60.7 Å². The molecule has 0 saturated heterocycles. The Hall–Kier alpha value is -1.67. The molecule has 1 N–H and O–H groups in total. The van der Waals surface area contributed by atoms with Gasteiger partial charge in [-0.3, -0.25) is 0 Å². The quantitative estimate of drug-likeness (QED) is 0.822. The topological polar surface area (TPSA) is 12.0 Å². The van der Waals surface area contributed by atoms with Crippen LogP contribution in [0.3, 0.4) is 0 Å². The van der Waals surface area contributed by atoms with E-state index in [2.05, 4.69) is 24.4 Å². The SMILES string of the molecule is CC(NC(=S)c1ccccc1)c1ccccc1. The fourth-order valence-corrected chi connectivity index (χ4v) is 2.01. The van der Waals surface area contributed by atoms with Crippen LogP contribution in [0.1, 0.15) is 24.1 Å². The van der Waals surface area contributed by atoms with Crippen molar-refractivity contribution in [3.63, 3.8) is 0 Å². The van der Waals surface area contributed by atoms with Crippen LogP contribution >= 0.6 is 12.2 Å². The standard InChI is InChI=1S/C15H15NS/c1-12(13-8-4-2-5-9-13)16-15(17)14-10-6-3-7-11-14/h2-12H,1H3,(H,16,17). The van der Waals surface area contributed by atoms with E-state index in [1.807, 2.05) is 48.5 Å². The Balaban J connectivity index is 2.05. The summed E-state index contributed by atoms with van der Waals surface area (Å²) in [5.74, 6) is 0. The Labute approximate surface area is 107 Å². The largest absolute Gasteiger partial charge is 0.369 e. The second-order valence-electron chi connectivity index (χ2n) is 3.97. The molecular formula is C15H15NS. The van der Waals surface area contributed by atoms with Crippen molar-refractivity contribution in [2.45, 2.75) is 13.0 Å². The average Bonchev–Trinajstić information content (AvgIpc) is 2.40. The normalized spacial score (nSPS) is 11.8. The zero-order valence-corrected chi connectivity index (χ0v) is 10.6. The van der Waals surface area contributed by atoms with Gasteiger partial charge in [-0.05, 0) is 12.5 Å². The Bertz CT molecular complexity index is 479. The van der Waals surface area contributed by atoms with Crippen molar-refractivity contribution in [2.75, 3.05) is 0 Å². The summed E-state index contributed by atoms with van der Waals surface area (Å²) in [6, 6.07) is 20.6. The van der Waals surface area contributed by atoms with Gasteiger partial charge in [0.2, 0.25) is 0 Å². The lowest BCUT2D eigenvalue weighted by Gasteiger charge is -2.16. The van der Waals surface area contributed by atoms with Gasteiger partial charge in [0.05, 0.1) is 0 Å². The number of hydrogen-bond acceptors (Lipinski definition) is 1.